The lowest BCUT2D eigenvalue weighted by Crippen LogP contribution is -2.26. The van der Waals surface area contributed by atoms with Crippen LogP contribution in [0.1, 0.15) is 21.7 Å². The minimum atomic E-state index is -0.115. The van der Waals surface area contributed by atoms with Crippen LogP contribution < -0.4 is 5.73 Å². The standard InChI is InChI=1S/C13H15N3O2/c1-9-12(7-15-18-9)13(17)16(2)8-10-4-3-5-11(14)6-10/h3-7H,8,14H2,1-2H3. The van der Waals surface area contributed by atoms with Crippen LogP contribution >= 0.6 is 0 Å². The molecule has 5 nitrogen and oxygen atoms in total. The Morgan fingerprint density at radius 3 is 2.89 bits per heavy atom. The van der Waals surface area contributed by atoms with Gasteiger partial charge in [0.15, 0.2) is 0 Å². The maximum Gasteiger partial charge on any atom is 0.259 e. The number of aryl methyl sites for hydroxylation is 1. The predicted molar refractivity (Wildman–Crippen MR) is 67.9 cm³/mol. The number of hydrogen-bond donors (Lipinski definition) is 1. The normalized spacial score (nSPS) is 10.3. The molecule has 1 heterocycles. The van der Waals surface area contributed by atoms with Gasteiger partial charge in [-0.05, 0) is 24.6 Å². The molecule has 0 radical (unpaired) electrons. The van der Waals surface area contributed by atoms with Gasteiger partial charge in [-0.25, -0.2) is 0 Å². The summed E-state index contributed by atoms with van der Waals surface area (Å²) in [6.45, 7) is 2.21. The average Bonchev–Trinajstić information content (AvgIpc) is 2.74. The highest BCUT2D eigenvalue weighted by Crippen LogP contribution is 2.13. The third-order valence-corrected chi connectivity index (χ3v) is 2.70. The van der Waals surface area contributed by atoms with Crippen LogP contribution in [0.3, 0.4) is 0 Å². The summed E-state index contributed by atoms with van der Waals surface area (Å²) in [5, 5.41) is 3.60. The number of nitrogen functional groups attached to an aromatic ring is 1. The van der Waals surface area contributed by atoms with Crippen LogP contribution in [0.5, 0.6) is 0 Å². The van der Waals surface area contributed by atoms with E-state index in [2.05, 4.69) is 5.16 Å². The quantitative estimate of drug-likeness (QED) is 0.837. The van der Waals surface area contributed by atoms with E-state index in [-0.39, 0.29) is 5.91 Å². The van der Waals surface area contributed by atoms with Crippen molar-refractivity contribution in [2.24, 2.45) is 0 Å². The van der Waals surface area contributed by atoms with Crippen molar-refractivity contribution < 1.29 is 9.32 Å². The number of carbonyl (C=O) groups excluding carboxylic acids is 1. The number of hydrogen-bond acceptors (Lipinski definition) is 4. The summed E-state index contributed by atoms with van der Waals surface area (Å²) in [5.74, 6) is 0.413. The molecule has 1 amide bonds. The highest BCUT2D eigenvalue weighted by Gasteiger charge is 2.17. The predicted octanol–water partition coefficient (Wildman–Crippen LogP) is 1.84. The van der Waals surface area contributed by atoms with Gasteiger partial charge in [-0.1, -0.05) is 17.3 Å². The number of anilines is 1. The molecule has 94 valence electrons. The van der Waals surface area contributed by atoms with E-state index < -0.39 is 0 Å². The van der Waals surface area contributed by atoms with Crippen LogP contribution in [0, 0.1) is 6.92 Å². The number of nitrogens with two attached hydrogens (primary N) is 1. The minimum Gasteiger partial charge on any atom is -0.399 e. The number of nitrogens with zero attached hydrogens (tertiary/aromatic N) is 2. The highest BCUT2D eigenvalue weighted by molar-refractivity contribution is 5.94. The summed E-state index contributed by atoms with van der Waals surface area (Å²) in [6.07, 6.45) is 1.44. The van der Waals surface area contributed by atoms with E-state index in [0.29, 0.717) is 23.6 Å². The molecule has 0 saturated carbocycles. The topological polar surface area (TPSA) is 72.4 Å². The van der Waals surface area contributed by atoms with Crippen LogP contribution in [0.15, 0.2) is 35.0 Å². The Kier molecular flexibility index (Phi) is 3.32. The second-order valence-corrected chi connectivity index (χ2v) is 4.20. The molecule has 0 aliphatic rings. The molecule has 2 N–H and O–H groups in total. The summed E-state index contributed by atoms with van der Waals surface area (Å²) < 4.78 is 4.89. The van der Waals surface area contributed by atoms with Crippen LogP contribution in [0.2, 0.25) is 0 Å². The molecule has 1 aromatic heterocycles. The van der Waals surface area contributed by atoms with Gasteiger partial charge in [-0.2, -0.15) is 0 Å². The van der Waals surface area contributed by atoms with E-state index in [1.54, 1.807) is 18.9 Å². The molecule has 0 atom stereocenters. The number of amides is 1. The van der Waals surface area contributed by atoms with Crippen LogP contribution in [0.25, 0.3) is 0 Å². The van der Waals surface area contributed by atoms with Crippen molar-refractivity contribution in [2.45, 2.75) is 13.5 Å². The second kappa shape index (κ2) is 4.91. The van der Waals surface area contributed by atoms with Gasteiger partial charge in [0.05, 0.1) is 6.20 Å². The van der Waals surface area contributed by atoms with Gasteiger partial charge >= 0.3 is 0 Å². The third-order valence-electron chi connectivity index (χ3n) is 2.70. The minimum absolute atomic E-state index is 0.115. The van der Waals surface area contributed by atoms with Crippen molar-refractivity contribution in [2.75, 3.05) is 12.8 Å². The zero-order chi connectivity index (χ0) is 13.1. The second-order valence-electron chi connectivity index (χ2n) is 4.20. The van der Waals surface area contributed by atoms with E-state index in [9.17, 15) is 4.79 Å². The zero-order valence-corrected chi connectivity index (χ0v) is 10.4. The molecule has 2 rings (SSSR count). The number of rotatable bonds is 3. The lowest BCUT2D eigenvalue weighted by molar-refractivity contribution is 0.0783. The molecule has 18 heavy (non-hydrogen) atoms. The van der Waals surface area contributed by atoms with Gasteiger partial charge in [0.1, 0.15) is 11.3 Å². The largest absolute Gasteiger partial charge is 0.399 e. The maximum absolute atomic E-state index is 12.1. The molecule has 0 spiro atoms. The average molecular weight is 245 g/mol. The fraction of sp³-hybridized carbons (Fsp3) is 0.231. The third kappa shape index (κ3) is 2.51. The van der Waals surface area contributed by atoms with Crippen molar-refractivity contribution in [3.05, 3.63) is 47.3 Å². The first-order valence-electron chi connectivity index (χ1n) is 5.59. The Morgan fingerprint density at radius 1 is 1.50 bits per heavy atom. The first-order valence-corrected chi connectivity index (χ1v) is 5.59. The molecular weight excluding hydrogens is 230 g/mol. The van der Waals surface area contributed by atoms with Gasteiger partial charge in [0.2, 0.25) is 0 Å². The van der Waals surface area contributed by atoms with Crippen molar-refractivity contribution in [3.63, 3.8) is 0 Å². The Labute approximate surface area is 105 Å². The number of aromatic nitrogens is 1. The SMILES string of the molecule is Cc1oncc1C(=O)N(C)Cc1cccc(N)c1. The van der Waals surface area contributed by atoms with Gasteiger partial charge in [0, 0.05) is 19.3 Å². The van der Waals surface area contributed by atoms with Crippen LogP contribution in [0.4, 0.5) is 5.69 Å². The van der Waals surface area contributed by atoms with Crippen LogP contribution in [-0.2, 0) is 6.54 Å². The Bertz CT molecular complexity index is 563. The lowest BCUT2D eigenvalue weighted by Gasteiger charge is -2.16. The fourth-order valence-electron chi connectivity index (χ4n) is 1.75. The molecule has 2 aromatic rings. The van der Waals surface area contributed by atoms with E-state index in [1.165, 1.54) is 6.20 Å². The van der Waals surface area contributed by atoms with E-state index >= 15 is 0 Å². The van der Waals surface area contributed by atoms with E-state index in [0.717, 1.165) is 5.56 Å². The molecule has 5 heteroatoms. The van der Waals surface area contributed by atoms with Gasteiger partial charge < -0.3 is 15.2 Å². The number of carbonyl (C=O) groups is 1. The maximum atomic E-state index is 12.1. The molecule has 1 aromatic carbocycles. The zero-order valence-electron chi connectivity index (χ0n) is 10.4. The molecule has 0 fully saturated rings. The van der Waals surface area contributed by atoms with Gasteiger partial charge in [0.25, 0.3) is 5.91 Å². The van der Waals surface area contributed by atoms with Gasteiger partial charge in [-0.3, -0.25) is 4.79 Å². The molecule has 0 aliphatic carbocycles. The van der Waals surface area contributed by atoms with E-state index in [4.69, 9.17) is 10.3 Å². The summed E-state index contributed by atoms with van der Waals surface area (Å²) in [6, 6.07) is 7.47. The Hall–Kier alpha value is -2.30. The molecule has 0 bridgehead atoms. The fourth-order valence-corrected chi connectivity index (χ4v) is 1.75. The smallest absolute Gasteiger partial charge is 0.259 e. The number of benzene rings is 1. The molecule has 0 unspecified atom stereocenters. The highest BCUT2D eigenvalue weighted by atomic mass is 16.5. The molecular formula is C13H15N3O2. The van der Waals surface area contributed by atoms with Gasteiger partial charge in [-0.15, -0.1) is 0 Å². The first kappa shape index (κ1) is 12.2. The van der Waals surface area contributed by atoms with Crippen molar-refractivity contribution in [3.8, 4) is 0 Å². The van der Waals surface area contributed by atoms with Crippen LogP contribution in [-0.4, -0.2) is 23.0 Å². The summed E-state index contributed by atoms with van der Waals surface area (Å²) in [7, 11) is 1.73. The van der Waals surface area contributed by atoms with Crippen molar-refractivity contribution in [1.82, 2.24) is 10.1 Å². The Morgan fingerprint density at radius 2 is 2.28 bits per heavy atom. The summed E-state index contributed by atoms with van der Waals surface area (Å²) >= 11 is 0. The molecule has 0 saturated heterocycles. The van der Waals surface area contributed by atoms with Crippen molar-refractivity contribution >= 4 is 11.6 Å². The first-order chi connectivity index (χ1) is 8.58. The van der Waals surface area contributed by atoms with E-state index in [1.807, 2.05) is 24.3 Å². The Balaban J connectivity index is 2.11. The summed E-state index contributed by atoms with van der Waals surface area (Å²) in [5.41, 5.74) is 7.86. The van der Waals surface area contributed by atoms with Crippen molar-refractivity contribution in [1.29, 1.82) is 0 Å². The monoisotopic (exact) mass is 245 g/mol. The lowest BCUT2D eigenvalue weighted by atomic mass is 10.2. The molecule has 0 aliphatic heterocycles. The summed E-state index contributed by atoms with van der Waals surface area (Å²) in [4.78, 5) is 13.7.